The average Bonchev–Trinajstić information content (AvgIpc) is 2.30. The Morgan fingerprint density at radius 3 is 2.62 bits per heavy atom. The van der Waals surface area contributed by atoms with Crippen molar-refractivity contribution in [1.29, 1.82) is 0 Å². The van der Waals surface area contributed by atoms with Gasteiger partial charge in [-0.05, 0) is 12.6 Å². The summed E-state index contributed by atoms with van der Waals surface area (Å²) < 4.78 is 11.6. The maximum Gasteiger partial charge on any atom is 0.395 e. The van der Waals surface area contributed by atoms with Crippen LogP contribution in [0.25, 0.3) is 6.08 Å². The van der Waals surface area contributed by atoms with E-state index >= 15 is 0 Å². The molecule has 0 heterocycles. The zero-order valence-electron chi connectivity index (χ0n) is 10.3. The second-order valence-corrected chi connectivity index (χ2v) is 7.31. The van der Waals surface area contributed by atoms with E-state index in [0.717, 1.165) is 23.8 Å². The van der Waals surface area contributed by atoms with E-state index in [2.05, 4.69) is 20.0 Å². The van der Waals surface area contributed by atoms with E-state index in [1.54, 1.807) is 7.11 Å². The van der Waals surface area contributed by atoms with E-state index in [4.69, 9.17) is 8.85 Å². The zero-order valence-corrected chi connectivity index (χ0v) is 11.3. The normalized spacial score (nSPS) is 14.2. The van der Waals surface area contributed by atoms with Gasteiger partial charge in [0.25, 0.3) is 0 Å². The number of benzene rings is 1. The van der Waals surface area contributed by atoms with Crippen LogP contribution in [0.15, 0.2) is 30.8 Å². The minimum atomic E-state index is -2.06. The Kier molecular flexibility index (Phi) is 4.77. The molecule has 0 radical (unpaired) electrons. The Bertz CT molecular complexity index is 352. The predicted octanol–water partition coefficient (Wildman–Crippen LogP) is 3.84. The monoisotopic (exact) mass is 236 g/mol. The molecule has 0 aliphatic rings. The first-order valence-electron chi connectivity index (χ1n) is 5.61. The highest BCUT2D eigenvalue weighted by Crippen LogP contribution is 2.25. The van der Waals surface area contributed by atoms with Gasteiger partial charge in [-0.3, -0.25) is 0 Å². The molecular weight excluding hydrogens is 216 g/mol. The lowest BCUT2D eigenvalue weighted by Gasteiger charge is -2.26. The number of rotatable bonds is 6. The number of hydrogen-bond acceptors (Lipinski definition) is 2. The quantitative estimate of drug-likeness (QED) is 0.699. The lowest BCUT2D eigenvalue weighted by atomic mass is 10.2. The Morgan fingerprint density at radius 1 is 1.38 bits per heavy atom. The first-order chi connectivity index (χ1) is 7.65. The summed E-state index contributed by atoms with van der Waals surface area (Å²) in [5, 5.41) is 0. The van der Waals surface area contributed by atoms with Gasteiger partial charge in [-0.25, -0.2) is 0 Å². The largest absolute Gasteiger partial charge is 0.520 e. The molecule has 3 heteroatoms. The molecule has 16 heavy (non-hydrogen) atoms. The highest BCUT2D eigenvalue weighted by molar-refractivity contribution is 6.66. The summed E-state index contributed by atoms with van der Waals surface area (Å²) in [4.78, 5) is 0. The fourth-order valence-electron chi connectivity index (χ4n) is 1.62. The summed E-state index contributed by atoms with van der Waals surface area (Å²) in [6.07, 6.45) is 2.89. The molecule has 0 N–H and O–H groups in total. The molecule has 0 saturated heterocycles. The molecule has 0 saturated carbocycles. The van der Waals surface area contributed by atoms with Gasteiger partial charge in [-0.15, -0.1) is 0 Å². The highest BCUT2D eigenvalue weighted by Gasteiger charge is 2.31. The van der Waals surface area contributed by atoms with E-state index in [1.807, 2.05) is 30.3 Å². The van der Waals surface area contributed by atoms with E-state index in [1.165, 1.54) is 0 Å². The molecule has 2 nitrogen and oxygen atoms in total. The molecular formula is C13H20O2Si. The maximum absolute atomic E-state index is 6.06. The average molecular weight is 236 g/mol. The Morgan fingerprint density at radius 2 is 2.06 bits per heavy atom. The van der Waals surface area contributed by atoms with Crippen LogP contribution < -0.4 is 4.43 Å². The van der Waals surface area contributed by atoms with Crippen molar-refractivity contribution in [2.45, 2.75) is 25.9 Å². The fourth-order valence-corrected chi connectivity index (χ4v) is 3.57. The fraction of sp³-hybridized carbons (Fsp3) is 0.385. The van der Waals surface area contributed by atoms with Crippen molar-refractivity contribution < 1.29 is 8.85 Å². The van der Waals surface area contributed by atoms with Crippen molar-refractivity contribution in [2.75, 3.05) is 7.11 Å². The zero-order chi connectivity index (χ0) is 12.0. The van der Waals surface area contributed by atoms with Crippen molar-refractivity contribution >= 4 is 14.6 Å². The highest BCUT2D eigenvalue weighted by atomic mass is 28.4. The predicted molar refractivity (Wildman–Crippen MR) is 70.9 cm³/mol. The van der Waals surface area contributed by atoms with Crippen molar-refractivity contribution in [3.8, 4) is 5.75 Å². The number of para-hydroxylation sites is 1. The third-order valence-corrected chi connectivity index (χ3v) is 5.52. The van der Waals surface area contributed by atoms with E-state index in [0.29, 0.717) is 0 Å². The van der Waals surface area contributed by atoms with Gasteiger partial charge in [0, 0.05) is 18.7 Å². The second-order valence-electron chi connectivity index (χ2n) is 3.93. The summed E-state index contributed by atoms with van der Waals surface area (Å²) in [6.45, 7) is 8.03. The summed E-state index contributed by atoms with van der Waals surface area (Å²) in [5.74, 6) is 0.877. The summed E-state index contributed by atoms with van der Waals surface area (Å²) in [7, 11) is -0.325. The Balaban J connectivity index is 2.89. The van der Waals surface area contributed by atoms with Crippen molar-refractivity contribution in [1.82, 2.24) is 0 Å². The Hall–Kier alpha value is -1.06. The molecule has 1 unspecified atom stereocenters. The maximum atomic E-state index is 6.06. The molecule has 88 valence electrons. The SMILES string of the molecule is C=Cc1ccccc1O[Si](C)(CCC)OC. The van der Waals surface area contributed by atoms with Crippen LogP contribution in [0, 0.1) is 0 Å². The van der Waals surface area contributed by atoms with E-state index < -0.39 is 8.56 Å². The van der Waals surface area contributed by atoms with Crippen LogP contribution in [-0.4, -0.2) is 15.7 Å². The summed E-state index contributed by atoms with van der Waals surface area (Å²) in [6, 6.07) is 8.92. The molecule has 0 fully saturated rings. The minimum Gasteiger partial charge on any atom is -0.520 e. The number of hydrogen-bond donors (Lipinski definition) is 0. The molecule has 0 bridgehead atoms. The van der Waals surface area contributed by atoms with Crippen LogP contribution in [-0.2, 0) is 4.43 Å². The van der Waals surface area contributed by atoms with Gasteiger partial charge >= 0.3 is 8.56 Å². The van der Waals surface area contributed by atoms with Crippen LogP contribution in [0.2, 0.25) is 12.6 Å². The van der Waals surface area contributed by atoms with Crippen LogP contribution >= 0.6 is 0 Å². The van der Waals surface area contributed by atoms with Gasteiger partial charge in [0.1, 0.15) is 5.75 Å². The first-order valence-corrected chi connectivity index (χ1v) is 8.13. The lowest BCUT2D eigenvalue weighted by molar-refractivity contribution is 0.304. The van der Waals surface area contributed by atoms with Crippen LogP contribution in [0.4, 0.5) is 0 Å². The van der Waals surface area contributed by atoms with Crippen molar-refractivity contribution in [3.63, 3.8) is 0 Å². The molecule has 1 aromatic carbocycles. The standard InChI is InChI=1S/C13H20O2Si/c1-5-11-16(4,14-3)15-13-10-8-7-9-12(13)6-2/h6-10H,2,5,11H2,1,3-4H3. The van der Waals surface area contributed by atoms with Crippen LogP contribution in [0.1, 0.15) is 18.9 Å². The second kappa shape index (κ2) is 5.87. The van der Waals surface area contributed by atoms with E-state index in [9.17, 15) is 0 Å². The molecule has 1 atom stereocenters. The Labute approximate surface area is 99.2 Å². The molecule has 0 spiro atoms. The lowest BCUT2D eigenvalue weighted by Crippen LogP contribution is -2.40. The minimum absolute atomic E-state index is 0.877. The molecule has 1 rings (SSSR count). The third-order valence-electron chi connectivity index (χ3n) is 2.60. The smallest absolute Gasteiger partial charge is 0.395 e. The van der Waals surface area contributed by atoms with Crippen molar-refractivity contribution in [3.05, 3.63) is 36.4 Å². The molecule has 0 aliphatic carbocycles. The van der Waals surface area contributed by atoms with Gasteiger partial charge in [0.2, 0.25) is 0 Å². The van der Waals surface area contributed by atoms with Gasteiger partial charge in [-0.2, -0.15) is 0 Å². The topological polar surface area (TPSA) is 18.5 Å². The molecule has 1 aromatic rings. The molecule has 0 aliphatic heterocycles. The third kappa shape index (κ3) is 3.22. The van der Waals surface area contributed by atoms with Gasteiger partial charge < -0.3 is 8.85 Å². The summed E-state index contributed by atoms with van der Waals surface area (Å²) in [5.41, 5.74) is 1.02. The van der Waals surface area contributed by atoms with Crippen LogP contribution in [0.3, 0.4) is 0 Å². The molecule has 0 aromatic heterocycles. The summed E-state index contributed by atoms with van der Waals surface area (Å²) >= 11 is 0. The molecule has 0 amide bonds. The van der Waals surface area contributed by atoms with Crippen molar-refractivity contribution in [2.24, 2.45) is 0 Å². The van der Waals surface area contributed by atoms with Gasteiger partial charge in [0.15, 0.2) is 0 Å². The van der Waals surface area contributed by atoms with Gasteiger partial charge in [0.05, 0.1) is 0 Å². The first kappa shape index (κ1) is 13.0. The van der Waals surface area contributed by atoms with Gasteiger partial charge in [-0.1, -0.05) is 44.2 Å². The van der Waals surface area contributed by atoms with Crippen LogP contribution in [0.5, 0.6) is 5.75 Å². The van der Waals surface area contributed by atoms with E-state index in [-0.39, 0.29) is 0 Å².